The van der Waals surface area contributed by atoms with Gasteiger partial charge in [-0.2, -0.15) is 0 Å². The van der Waals surface area contributed by atoms with Crippen LogP contribution in [-0.2, 0) is 6.54 Å². The Morgan fingerprint density at radius 3 is 3.00 bits per heavy atom. The van der Waals surface area contributed by atoms with E-state index in [2.05, 4.69) is 23.2 Å². The minimum absolute atomic E-state index is 0.0594. The first-order valence-corrected chi connectivity index (χ1v) is 7.21. The number of carbonyl (C=O) groups is 1. The molecule has 20 heavy (non-hydrogen) atoms. The maximum absolute atomic E-state index is 11.6. The molecule has 0 spiro atoms. The Bertz CT molecular complexity index is 492. The van der Waals surface area contributed by atoms with Gasteiger partial charge in [0.25, 0.3) is 0 Å². The van der Waals surface area contributed by atoms with E-state index in [1.165, 1.54) is 5.56 Å². The van der Waals surface area contributed by atoms with Crippen LogP contribution in [-0.4, -0.2) is 54.7 Å². The first kappa shape index (κ1) is 13.2. The summed E-state index contributed by atoms with van der Waals surface area (Å²) in [6.07, 6.45) is 0. The number of amides is 2. The third kappa shape index (κ3) is 2.72. The van der Waals surface area contributed by atoms with Gasteiger partial charge in [-0.3, -0.25) is 4.90 Å². The number of rotatable bonds is 3. The van der Waals surface area contributed by atoms with Crippen LogP contribution < -0.4 is 10.1 Å². The van der Waals surface area contributed by atoms with Crippen LogP contribution in [0.25, 0.3) is 0 Å². The van der Waals surface area contributed by atoms with E-state index < -0.39 is 0 Å². The zero-order valence-electron chi connectivity index (χ0n) is 11.8. The molecule has 1 unspecified atom stereocenters. The Morgan fingerprint density at radius 1 is 1.35 bits per heavy atom. The molecule has 1 atom stereocenters. The minimum Gasteiger partial charge on any atom is -0.492 e. The molecule has 1 aromatic carbocycles. The van der Waals surface area contributed by atoms with Gasteiger partial charge >= 0.3 is 6.03 Å². The van der Waals surface area contributed by atoms with Crippen LogP contribution in [0.15, 0.2) is 24.3 Å². The molecule has 3 rings (SSSR count). The van der Waals surface area contributed by atoms with Gasteiger partial charge in [0, 0.05) is 44.3 Å². The second-order valence-electron chi connectivity index (χ2n) is 5.46. The number of nitrogens with zero attached hydrogens (tertiary/aromatic N) is 2. The highest BCUT2D eigenvalue weighted by molar-refractivity contribution is 5.76. The van der Waals surface area contributed by atoms with Crippen molar-refractivity contribution in [3.8, 4) is 5.75 Å². The number of hydrogen-bond donors (Lipinski definition) is 1. The molecule has 1 N–H and O–H groups in total. The molecule has 2 heterocycles. The van der Waals surface area contributed by atoms with Gasteiger partial charge in [-0.15, -0.1) is 0 Å². The highest BCUT2D eigenvalue weighted by Gasteiger charge is 2.24. The van der Waals surface area contributed by atoms with Gasteiger partial charge in [-0.25, -0.2) is 4.79 Å². The molecule has 0 radical (unpaired) electrons. The van der Waals surface area contributed by atoms with Gasteiger partial charge < -0.3 is 15.0 Å². The molecule has 5 nitrogen and oxygen atoms in total. The fourth-order valence-electron chi connectivity index (χ4n) is 2.74. The molecule has 0 bridgehead atoms. The number of carbonyl (C=O) groups excluding carboxylic acids is 1. The summed E-state index contributed by atoms with van der Waals surface area (Å²) in [6, 6.07) is 8.61. The molecule has 1 saturated heterocycles. The Kier molecular flexibility index (Phi) is 3.78. The second-order valence-corrected chi connectivity index (χ2v) is 5.46. The zero-order chi connectivity index (χ0) is 13.9. The van der Waals surface area contributed by atoms with E-state index in [1.54, 1.807) is 0 Å². The van der Waals surface area contributed by atoms with E-state index in [9.17, 15) is 4.79 Å². The molecule has 1 aromatic rings. The molecular formula is C15H21N3O2. The number of nitrogens with one attached hydrogen (secondary N) is 1. The molecule has 2 aliphatic rings. The Hall–Kier alpha value is -1.75. The summed E-state index contributed by atoms with van der Waals surface area (Å²) in [4.78, 5) is 15.8. The van der Waals surface area contributed by atoms with Crippen LogP contribution in [0.3, 0.4) is 0 Å². The summed E-state index contributed by atoms with van der Waals surface area (Å²) in [5, 5.41) is 2.84. The van der Waals surface area contributed by atoms with Crippen molar-refractivity contribution in [3.63, 3.8) is 0 Å². The van der Waals surface area contributed by atoms with Crippen molar-refractivity contribution in [1.29, 1.82) is 0 Å². The summed E-state index contributed by atoms with van der Waals surface area (Å²) in [7, 11) is 0. The smallest absolute Gasteiger partial charge is 0.317 e. The van der Waals surface area contributed by atoms with Crippen molar-refractivity contribution in [3.05, 3.63) is 29.8 Å². The fourth-order valence-corrected chi connectivity index (χ4v) is 2.74. The first-order chi connectivity index (χ1) is 9.74. The predicted octanol–water partition coefficient (Wildman–Crippen LogP) is 1.29. The van der Waals surface area contributed by atoms with Crippen molar-refractivity contribution in [1.82, 2.24) is 15.1 Å². The number of hydrogen-bond acceptors (Lipinski definition) is 3. The number of benzene rings is 1. The van der Waals surface area contributed by atoms with E-state index in [4.69, 9.17) is 4.74 Å². The molecule has 0 saturated carbocycles. The van der Waals surface area contributed by atoms with E-state index >= 15 is 0 Å². The zero-order valence-corrected chi connectivity index (χ0v) is 11.8. The summed E-state index contributed by atoms with van der Waals surface area (Å²) < 4.78 is 5.85. The normalized spacial score (nSPS) is 22.9. The SMILES string of the molecule is CC1COc2ccccc2CN1CCN1CCNC1=O. The number of fused-ring (bicyclic) bond motifs is 1. The molecule has 5 heteroatoms. The molecule has 1 fully saturated rings. The summed E-state index contributed by atoms with van der Waals surface area (Å²) in [6.45, 7) is 6.99. The van der Waals surface area contributed by atoms with Gasteiger partial charge in [-0.1, -0.05) is 18.2 Å². The Morgan fingerprint density at radius 2 is 2.20 bits per heavy atom. The third-order valence-corrected chi connectivity index (χ3v) is 4.05. The lowest BCUT2D eigenvalue weighted by molar-refractivity contribution is 0.144. The standard InChI is InChI=1S/C15H21N3O2/c1-12-11-20-14-5-3-2-4-13(14)10-18(12)9-8-17-7-6-16-15(17)19/h2-5,12H,6-11H2,1H3,(H,16,19). The Balaban J connectivity index is 1.64. The third-order valence-electron chi connectivity index (χ3n) is 4.05. The topological polar surface area (TPSA) is 44.8 Å². The van der Waals surface area contributed by atoms with E-state index in [0.717, 1.165) is 38.5 Å². The number of urea groups is 1. The van der Waals surface area contributed by atoms with Gasteiger partial charge in [0.2, 0.25) is 0 Å². The first-order valence-electron chi connectivity index (χ1n) is 7.21. The van der Waals surface area contributed by atoms with Crippen LogP contribution in [0.5, 0.6) is 5.75 Å². The lowest BCUT2D eigenvalue weighted by Gasteiger charge is -2.27. The summed E-state index contributed by atoms with van der Waals surface area (Å²) in [5.41, 5.74) is 1.22. The van der Waals surface area contributed by atoms with E-state index in [0.29, 0.717) is 12.6 Å². The molecule has 0 aromatic heterocycles. The van der Waals surface area contributed by atoms with E-state index in [1.807, 2.05) is 23.1 Å². The molecular weight excluding hydrogens is 254 g/mol. The Labute approximate surface area is 119 Å². The van der Waals surface area contributed by atoms with Gasteiger partial charge in [0.15, 0.2) is 0 Å². The maximum atomic E-state index is 11.6. The van der Waals surface area contributed by atoms with Gasteiger partial charge in [-0.05, 0) is 13.0 Å². The molecule has 0 aliphatic carbocycles. The van der Waals surface area contributed by atoms with Crippen molar-refractivity contribution in [2.75, 3.05) is 32.8 Å². The average Bonchev–Trinajstić information content (AvgIpc) is 2.79. The summed E-state index contributed by atoms with van der Waals surface area (Å²) in [5.74, 6) is 0.987. The second kappa shape index (κ2) is 5.71. The fraction of sp³-hybridized carbons (Fsp3) is 0.533. The number of ether oxygens (including phenoxy) is 1. The largest absolute Gasteiger partial charge is 0.492 e. The van der Waals surface area contributed by atoms with E-state index in [-0.39, 0.29) is 6.03 Å². The molecule has 108 valence electrons. The van der Waals surface area contributed by atoms with Crippen molar-refractivity contribution < 1.29 is 9.53 Å². The lowest BCUT2D eigenvalue weighted by atomic mass is 10.2. The summed E-state index contributed by atoms with van der Waals surface area (Å²) >= 11 is 0. The van der Waals surface area contributed by atoms with Crippen molar-refractivity contribution in [2.45, 2.75) is 19.5 Å². The van der Waals surface area contributed by atoms with Crippen molar-refractivity contribution >= 4 is 6.03 Å². The number of para-hydroxylation sites is 1. The molecule has 2 aliphatic heterocycles. The average molecular weight is 275 g/mol. The highest BCUT2D eigenvalue weighted by Crippen LogP contribution is 2.24. The minimum atomic E-state index is 0.0594. The van der Waals surface area contributed by atoms with Crippen LogP contribution >= 0.6 is 0 Å². The predicted molar refractivity (Wildman–Crippen MR) is 76.8 cm³/mol. The van der Waals surface area contributed by atoms with Crippen LogP contribution in [0.4, 0.5) is 4.79 Å². The quantitative estimate of drug-likeness (QED) is 0.904. The van der Waals surface area contributed by atoms with Gasteiger partial charge in [0.05, 0.1) is 0 Å². The monoisotopic (exact) mass is 275 g/mol. The van der Waals surface area contributed by atoms with Crippen molar-refractivity contribution in [2.24, 2.45) is 0 Å². The van der Waals surface area contributed by atoms with Crippen LogP contribution in [0.1, 0.15) is 12.5 Å². The molecule has 2 amide bonds. The highest BCUT2D eigenvalue weighted by atomic mass is 16.5. The van der Waals surface area contributed by atoms with Crippen LogP contribution in [0.2, 0.25) is 0 Å². The van der Waals surface area contributed by atoms with Gasteiger partial charge in [0.1, 0.15) is 12.4 Å². The maximum Gasteiger partial charge on any atom is 0.317 e. The lowest BCUT2D eigenvalue weighted by Crippen LogP contribution is -2.41. The van der Waals surface area contributed by atoms with Crippen LogP contribution in [0, 0.1) is 0 Å².